The van der Waals surface area contributed by atoms with Crippen molar-refractivity contribution in [3.63, 3.8) is 0 Å². The highest BCUT2D eigenvalue weighted by atomic mass is 32.2. The maximum Gasteiger partial charge on any atom is 0.180 e. The van der Waals surface area contributed by atoms with E-state index >= 15 is 0 Å². The predicted octanol–water partition coefficient (Wildman–Crippen LogP) is 2.00. The number of hydrogen-bond acceptors (Lipinski definition) is 3. The molecule has 18 heavy (non-hydrogen) atoms. The molecule has 1 heterocycles. The Kier molecular flexibility index (Phi) is 2.94. The molecule has 1 aromatic rings. The molecule has 4 heteroatoms. The fraction of sp³-hybridized carbons (Fsp3) is 0.571. The van der Waals surface area contributed by atoms with Crippen molar-refractivity contribution in [2.75, 3.05) is 12.3 Å². The molecule has 0 bridgehead atoms. The van der Waals surface area contributed by atoms with Crippen LogP contribution in [-0.4, -0.2) is 20.7 Å². The van der Waals surface area contributed by atoms with E-state index in [4.69, 9.17) is 0 Å². The summed E-state index contributed by atoms with van der Waals surface area (Å²) >= 11 is 0. The van der Waals surface area contributed by atoms with Crippen LogP contribution >= 0.6 is 0 Å². The Labute approximate surface area is 109 Å². The van der Waals surface area contributed by atoms with Crippen LogP contribution in [0.25, 0.3) is 0 Å². The number of sulfone groups is 1. The maximum atomic E-state index is 12.2. The van der Waals surface area contributed by atoms with Crippen LogP contribution in [0.4, 0.5) is 0 Å². The fourth-order valence-corrected chi connectivity index (χ4v) is 4.85. The molecular weight excluding hydrogens is 246 g/mol. The van der Waals surface area contributed by atoms with Crippen molar-refractivity contribution >= 4 is 9.84 Å². The van der Waals surface area contributed by atoms with Gasteiger partial charge in [-0.3, -0.25) is 0 Å². The lowest BCUT2D eigenvalue weighted by atomic mass is 10.0. The number of hydrogen-bond donors (Lipinski definition) is 1. The topological polar surface area (TPSA) is 46.2 Å². The quantitative estimate of drug-likeness (QED) is 0.909. The van der Waals surface area contributed by atoms with Gasteiger partial charge in [-0.15, -0.1) is 0 Å². The molecule has 0 aromatic heterocycles. The molecule has 1 aromatic carbocycles. The van der Waals surface area contributed by atoms with Crippen molar-refractivity contribution in [3.05, 3.63) is 28.8 Å². The van der Waals surface area contributed by atoms with Gasteiger partial charge in [0.15, 0.2) is 9.84 Å². The summed E-state index contributed by atoms with van der Waals surface area (Å²) in [5.74, 6) is 0.227. The third-order valence-corrected chi connectivity index (χ3v) is 5.76. The third kappa shape index (κ3) is 1.88. The van der Waals surface area contributed by atoms with Gasteiger partial charge in [-0.25, -0.2) is 8.42 Å². The van der Waals surface area contributed by atoms with E-state index < -0.39 is 9.84 Å². The summed E-state index contributed by atoms with van der Waals surface area (Å²) in [6.07, 6.45) is 4.32. The molecule has 0 saturated heterocycles. The van der Waals surface area contributed by atoms with Gasteiger partial charge in [-0.1, -0.05) is 13.0 Å². The van der Waals surface area contributed by atoms with Gasteiger partial charge < -0.3 is 5.32 Å². The largest absolute Gasteiger partial charge is 0.309 e. The summed E-state index contributed by atoms with van der Waals surface area (Å²) in [6.45, 7) is 2.97. The van der Waals surface area contributed by atoms with Crippen molar-refractivity contribution in [1.82, 2.24) is 5.32 Å². The van der Waals surface area contributed by atoms with Crippen molar-refractivity contribution in [2.45, 2.75) is 43.5 Å². The van der Waals surface area contributed by atoms with Gasteiger partial charge in [0.25, 0.3) is 0 Å². The van der Waals surface area contributed by atoms with Gasteiger partial charge in [0, 0.05) is 6.04 Å². The van der Waals surface area contributed by atoms with Gasteiger partial charge in [0.2, 0.25) is 0 Å². The highest BCUT2D eigenvalue weighted by Gasteiger charge is 2.35. The second kappa shape index (κ2) is 4.35. The van der Waals surface area contributed by atoms with E-state index in [1.165, 1.54) is 11.1 Å². The summed E-state index contributed by atoms with van der Waals surface area (Å²) in [5.41, 5.74) is 3.60. The molecule has 0 saturated carbocycles. The molecule has 1 aliphatic heterocycles. The molecule has 0 radical (unpaired) electrons. The highest BCUT2D eigenvalue weighted by molar-refractivity contribution is 7.91. The van der Waals surface area contributed by atoms with Crippen molar-refractivity contribution < 1.29 is 8.42 Å². The first-order valence-corrected chi connectivity index (χ1v) is 8.39. The minimum atomic E-state index is -3.07. The number of rotatable bonds is 3. The van der Waals surface area contributed by atoms with Crippen LogP contribution in [-0.2, 0) is 22.7 Å². The van der Waals surface area contributed by atoms with Crippen LogP contribution in [0.1, 0.15) is 42.5 Å². The van der Waals surface area contributed by atoms with E-state index in [2.05, 4.69) is 18.3 Å². The first-order valence-electron chi connectivity index (χ1n) is 6.73. The first-order chi connectivity index (χ1) is 8.62. The van der Waals surface area contributed by atoms with Crippen LogP contribution in [0.5, 0.6) is 0 Å². The Morgan fingerprint density at radius 2 is 2.00 bits per heavy atom. The summed E-state index contributed by atoms with van der Waals surface area (Å²) < 4.78 is 24.4. The van der Waals surface area contributed by atoms with Crippen molar-refractivity contribution in [2.24, 2.45) is 0 Å². The van der Waals surface area contributed by atoms with Crippen LogP contribution in [0.15, 0.2) is 17.0 Å². The maximum absolute atomic E-state index is 12.2. The number of aryl methyl sites for hydroxylation is 2. The average Bonchev–Trinajstić information content (AvgIpc) is 2.88. The Balaban J connectivity index is 2.05. The van der Waals surface area contributed by atoms with E-state index in [1.54, 1.807) is 0 Å². The van der Waals surface area contributed by atoms with Gasteiger partial charge in [0.05, 0.1) is 10.6 Å². The molecule has 1 N–H and O–H groups in total. The van der Waals surface area contributed by atoms with Crippen LogP contribution in [0, 0.1) is 0 Å². The van der Waals surface area contributed by atoms with E-state index in [9.17, 15) is 8.42 Å². The Bertz CT molecular complexity index is 578. The number of fused-ring (bicyclic) bond motifs is 2. The third-order valence-electron chi connectivity index (χ3n) is 3.96. The van der Waals surface area contributed by atoms with Gasteiger partial charge >= 0.3 is 0 Å². The van der Waals surface area contributed by atoms with Crippen molar-refractivity contribution in [3.8, 4) is 0 Å². The lowest BCUT2D eigenvalue weighted by molar-refractivity contribution is 0.564. The monoisotopic (exact) mass is 265 g/mol. The predicted molar refractivity (Wildman–Crippen MR) is 71.6 cm³/mol. The first kappa shape index (κ1) is 12.2. The molecule has 3 rings (SSSR count). The summed E-state index contributed by atoms with van der Waals surface area (Å²) in [5, 5.41) is 3.36. The van der Waals surface area contributed by atoms with Gasteiger partial charge in [-0.05, 0) is 55.0 Å². The standard InChI is InChI=1S/C14H19NO2S/c1-2-6-15-13-9-18(16,17)14-8-11-5-3-4-10(11)7-12(13)14/h7-8,13,15H,2-6,9H2,1H3. The molecule has 3 nitrogen and oxygen atoms in total. The smallest absolute Gasteiger partial charge is 0.180 e. The molecular formula is C14H19NO2S. The van der Waals surface area contributed by atoms with Gasteiger partial charge in [-0.2, -0.15) is 0 Å². The minimum absolute atomic E-state index is 0.00384. The zero-order valence-electron chi connectivity index (χ0n) is 10.7. The lowest BCUT2D eigenvalue weighted by Gasteiger charge is -2.12. The molecule has 1 unspecified atom stereocenters. The zero-order chi connectivity index (χ0) is 12.8. The Hall–Kier alpha value is -0.870. The number of nitrogens with one attached hydrogen (secondary N) is 1. The number of benzene rings is 1. The molecule has 1 atom stereocenters. The second-order valence-electron chi connectivity index (χ2n) is 5.30. The average molecular weight is 265 g/mol. The minimum Gasteiger partial charge on any atom is -0.309 e. The normalized spacial score (nSPS) is 23.9. The van der Waals surface area contributed by atoms with E-state index in [1.807, 2.05) is 6.07 Å². The molecule has 1 aliphatic carbocycles. The van der Waals surface area contributed by atoms with Gasteiger partial charge in [0.1, 0.15) is 0 Å². The van der Waals surface area contributed by atoms with Crippen LogP contribution < -0.4 is 5.32 Å². The highest BCUT2D eigenvalue weighted by Crippen LogP contribution is 2.37. The van der Waals surface area contributed by atoms with Crippen molar-refractivity contribution in [1.29, 1.82) is 0 Å². The van der Waals surface area contributed by atoms with E-state index in [0.717, 1.165) is 37.8 Å². The fourth-order valence-electron chi connectivity index (χ4n) is 3.05. The summed E-state index contributed by atoms with van der Waals surface area (Å²) in [4.78, 5) is 0.580. The zero-order valence-corrected chi connectivity index (χ0v) is 11.5. The Morgan fingerprint density at radius 1 is 1.28 bits per heavy atom. The Morgan fingerprint density at radius 3 is 2.72 bits per heavy atom. The molecule has 0 amide bonds. The summed E-state index contributed by atoms with van der Waals surface area (Å²) in [7, 11) is -3.07. The van der Waals surface area contributed by atoms with Crippen LogP contribution in [0.2, 0.25) is 0 Å². The lowest BCUT2D eigenvalue weighted by Crippen LogP contribution is -2.23. The second-order valence-corrected chi connectivity index (χ2v) is 7.30. The molecule has 0 spiro atoms. The van der Waals surface area contributed by atoms with Crippen LogP contribution in [0.3, 0.4) is 0 Å². The van der Waals surface area contributed by atoms with E-state index in [0.29, 0.717) is 4.90 Å². The molecule has 98 valence electrons. The molecule has 0 fully saturated rings. The summed E-state index contributed by atoms with van der Waals surface area (Å²) in [6, 6.07) is 4.06. The van der Waals surface area contributed by atoms with E-state index in [-0.39, 0.29) is 11.8 Å². The molecule has 2 aliphatic rings. The SMILES string of the molecule is CCCNC1CS(=O)(=O)c2cc3c(cc21)CCC3.